The molecule has 1 aliphatic rings. The van der Waals surface area contributed by atoms with E-state index < -0.39 is 0 Å². The molecule has 1 saturated heterocycles. The predicted octanol–water partition coefficient (Wildman–Crippen LogP) is 1.43. The Morgan fingerprint density at radius 1 is 1.55 bits per heavy atom. The first kappa shape index (κ1) is 9.01. The van der Waals surface area contributed by atoms with E-state index >= 15 is 0 Å². The molecule has 0 saturated carbocycles. The van der Waals surface area contributed by atoms with Crippen molar-refractivity contribution in [2.24, 2.45) is 11.8 Å². The SMILES string of the molecule is CCCC(CO)CC1COC1. The van der Waals surface area contributed by atoms with E-state index in [9.17, 15) is 0 Å². The third kappa shape index (κ3) is 2.80. The van der Waals surface area contributed by atoms with Gasteiger partial charge >= 0.3 is 0 Å². The van der Waals surface area contributed by atoms with E-state index in [0.29, 0.717) is 12.5 Å². The van der Waals surface area contributed by atoms with Gasteiger partial charge in [-0.3, -0.25) is 0 Å². The van der Waals surface area contributed by atoms with Crippen LogP contribution in [-0.4, -0.2) is 24.9 Å². The molecule has 1 fully saturated rings. The molecule has 0 aromatic rings. The lowest BCUT2D eigenvalue weighted by Crippen LogP contribution is -2.30. The zero-order valence-corrected chi connectivity index (χ0v) is 7.25. The van der Waals surface area contributed by atoms with Gasteiger partial charge in [-0.1, -0.05) is 13.3 Å². The Kier molecular flexibility index (Phi) is 3.87. The average Bonchev–Trinajstić information content (AvgIpc) is 1.94. The quantitative estimate of drug-likeness (QED) is 0.656. The summed E-state index contributed by atoms with van der Waals surface area (Å²) in [5.74, 6) is 1.26. The summed E-state index contributed by atoms with van der Waals surface area (Å²) in [6.45, 7) is 4.35. The van der Waals surface area contributed by atoms with E-state index in [-0.39, 0.29) is 0 Å². The van der Waals surface area contributed by atoms with Crippen molar-refractivity contribution in [3.63, 3.8) is 0 Å². The second-order valence-corrected chi connectivity index (χ2v) is 3.48. The Balaban J connectivity index is 2.08. The first-order chi connectivity index (χ1) is 5.36. The molecule has 1 atom stereocenters. The van der Waals surface area contributed by atoms with E-state index in [1.807, 2.05) is 0 Å². The number of hydrogen-bond donors (Lipinski definition) is 1. The standard InChI is InChI=1S/C9H18O2/c1-2-3-8(5-10)4-9-6-11-7-9/h8-10H,2-7H2,1H3. The fourth-order valence-electron chi connectivity index (χ4n) is 1.58. The first-order valence-electron chi connectivity index (χ1n) is 4.55. The zero-order chi connectivity index (χ0) is 8.10. The molecule has 0 spiro atoms. The normalized spacial score (nSPS) is 21.3. The molecule has 0 aliphatic carbocycles. The van der Waals surface area contributed by atoms with Crippen LogP contribution >= 0.6 is 0 Å². The highest BCUT2D eigenvalue weighted by Crippen LogP contribution is 2.22. The third-order valence-electron chi connectivity index (χ3n) is 2.33. The number of hydrogen-bond acceptors (Lipinski definition) is 2. The van der Waals surface area contributed by atoms with Crippen LogP contribution in [0.3, 0.4) is 0 Å². The van der Waals surface area contributed by atoms with E-state index in [1.54, 1.807) is 0 Å². The van der Waals surface area contributed by atoms with Crippen molar-refractivity contribution in [1.29, 1.82) is 0 Å². The molecule has 2 heteroatoms. The Hall–Kier alpha value is -0.0800. The molecular weight excluding hydrogens is 140 g/mol. The largest absolute Gasteiger partial charge is 0.396 e. The lowest BCUT2D eigenvalue weighted by atomic mass is 9.91. The van der Waals surface area contributed by atoms with Gasteiger partial charge in [0.05, 0.1) is 13.2 Å². The van der Waals surface area contributed by atoms with Crippen LogP contribution in [0.2, 0.25) is 0 Å². The Labute approximate surface area is 68.6 Å². The Morgan fingerprint density at radius 3 is 2.64 bits per heavy atom. The van der Waals surface area contributed by atoms with Crippen LogP contribution in [0.15, 0.2) is 0 Å². The van der Waals surface area contributed by atoms with Crippen LogP contribution in [-0.2, 0) is 4.74 Å². The minimum absolute atomic E-state index is 0.352. The van der Waals surface area contributed by atoms with Crippen LogP contribution in [0.4, 0.5) is 0 Å². The van der Waals surface area contributed by atoms with Gasteiger partial charge in [0, 0.05) is 12.5 Å². The Morgan fingerprint density at radius 2 is 2.27 bits per heavy atom. The second-order valence-electron chi connectivity index (χ2n) is 3.48. The summed E-state index contributed by atoms with van der Waals surface area (Å²) < 4.78 is 5.08. The average molecular weight is 158 g/mol. The van der Waals surface area contributed by atoms with Gasteiger partial charge < -0.3 is 9.84 Å². The maximum atomic E-state index is 8.98. The highest BCUT2D eigenvalue weighted by atomic mass is 16.5. The van der Waals surface area contributed by atoms with Crippen molar-refractivity contribution >= 4 is 0 Å². The lowest BCUT2D eigenvalue weighted by molar-refractivity contribution is -0.0462. The molecule has 1 unspecified atom stereocenters. The summed E-state index contributed by atoms with van der Waals surface area (Å²) in [4.78, 5) is 0. The van der Waals surface area contributed by atoms with Gasteiger partial charge in [0.1, 0.15) is 0 Å². The molecule has 1 rings (SSSR count). The number of ether oxygens (including phenoxy) is 1. The zero-order valence-electron chi connectivity index (χ0n) is 7.25. The first-order valence-corrected chi connectivity index (χ1v) is 4.55. The van der Waals surface area contributed by atoms with Crippen LogP contribution in [0.1, 0.15) is 26.2 Å². The van der Waals surface area contributed by atoms with Crippen molar-refractivity contribution in [2.45, 2.75) is 26.2 Å². The number of aliphatic hydroxyl groups is 1. The van der Waals surface area contributed by atoms with Gasteiger partial charge in [-0.2, -0.15) is 0 Å². The molecular formula is C9H18O2. The summed E-state index contributed by atoms with van der Waals surface area (Å²) in [6.07, 6.45) is 3.50. The molecule has 11 heavy (non-hydrogen) atoms. The fourth-order valence-corrected chi connectivity index (χ4v) is 1.58. The highest BCUT2D eigenvalue weighted by molar-refractivity contribution is 4.70. The Bertz CT molecular complexity index is 99.7. The van der Waals surface area contributed by atoms with Gasteiger partial charge in [0.15, 0.2) is 0 Å². The minimum Gasteiger partial charge on any atom is -0.396 e. The molecule has 2 nitrogen and oxygen atoms in total. The van der Waals surface area contributed by atoms with E-state index in [4.69, 9.17) is 9.84 Å². The van der Waals surface area contributed by atoms with Crippen LogP contribution in [0.25, 0.3) is 0 Å². The maximum absolute atomic E-state index is 8.98. The van der Waals surface area contributed by atoms with Crippen molar-refractivity contribution in [1.82, 2.24) is 0 Å². The summed E-state index contributed by atoms with van der Waals surface area (Å²) in [5.41, 5.74) is 0. The van der Waals surface area contributed by atoms with Gasteiger partial charge in [0.25, 0.3) is 0 Å². The molecule has 0 aromatic carbocycles. The molecule has 0 radical (unpaired) electrons. The lowest BCUT2D eigenvalue weighted by Gasteiger charge is -2.29. The third-order valence-corrected chi connectivity index (χ3v) is 2.33. The minimum atomic E-state index is 0.352. The summed E-state index contributed by atoms with van der Waals surface area (Å²) >= 11 is 0. The number of aliphatic hydroxyl groups excluding tert-OH is 1. The van der Waals surface area contributed by atoms with Gasteiger partial charge in [0.2, 0.25) is 0 Å². The highest BCUT2D eigenvalue weighted by Gasteiger charge is 2.21. The van der Waals surface area contributed by atoms with Crippen LogP contribution in [0.5, 0.6) is 0 Å². The van der Waals surface area contributed by atoms with E-state index in [1.165, 1.54) is 6.42 Å². The predicted molar refractivity (Wildman–Crippen MR) is 44.4 cm³/mol. The molecule has 1 aliphatic heterocycles. The molecule has 0 aromatic heterocycles. The van der Waals surface area contributed by atoms with Crippen molar-refractivity contribution in [2.75, 3.05) is 19.8 Å². The van der Waals surface area contributed by atoms with Gasteiger partial charge in [-0.05, 0) is 18.8 Å². The molecule has 0 amide bonds. The van der Waals surface area contributed by atoms with Crippen molar-refractivity contribution < 1.29 is 9.84 Å². The topological polar surface area (TPSA) is 29.5 Å². The summed E-state index contributed by atoms with van der Waals surface area (Å²) in [6, 6.07) is 0. The van der Waals surface area contributed by atoms with Gasteiger partial charge in [-0.15, -0.1) is 0 Å². The van der Waals surface area contributed by atoms with E-state index in [2.05, 4.69) is 6.92 Å². The van der Waals surface area contributed by atoms with Crippen LogP contribution < -0.4 is 0 Å². The molecule has 1 N–H and O–H groups in total. The second kappa shape index (κ2) is 4.73. The summed E-state index contributed by atoms with van der Waals surface area (Å²) in [5, 5.41) is 8.98. The molecule has 0 bridgehead atoms. The van der Waals surface area contributed by atoms with Gasteiger partial charge in [-0.25, -0.2) is 0 Å². The smallest absolute Gasteiger partial charge is 0.0516 e. The fraction of sp³-hybridized carbons (Fsp3) is 1.00. The maximum Gasteiger partial charge on any atom is 0.0516 e. The van der Waals surface area contributed by atoms with Crippen molar-refractivity contribution in [3.05, 3.63) is 0 Å². The number of rotatable bonds is 5. The monoisotopic (exact) mass is 158 g/mol. The van der Waals surface area contributed by atoms with E-state index in [0.717, 1.165) is 32.0 Å². The van der Waals surface area contributed by atoms with Crippen molar-refractivity contribution in [3.8, 4) is 0 Å². The molecule has 66 valence electrons. The molecule has 1 heterocycles. The van der Waals surface area contributed by atoms with Crippen LogP contribution in [0, 0.1) is 11.8 Å². The summed E-state index contributed by atoms with van der Waals surface area (Å²) in [7, 11) is 0.